The predicted molar refractivity (Wildman–Crippen MR) is 119 cm³/mol. The lowest BCUT2D eigenvalue weighted by Gasteiger charge is -2.15. The van der Waals surface area contributed by atoms with Crippen LogP contribution in [0.5, 0.6) is 5.88 Å². The number of ether oxygens (including phenoxy) is 1. The Hall–Kier alpha value is -2.69. The smallest absolute Gasteiger partial charge is 0.433 e. The van der Waals surface area contributed by atoms with E-state index in [9.17, 15) is 30.8 Å². The Morgan fingerprint density at radius 1 is 1.26 bits per heavy atom. The molecule has 1 aromatic heterocycles. The van der Waals surface area contributed by atoms with Crippen molar-refractivity contribution < 1.29 is 35.5 Å². The molecule has 6 nitrogen and oxygen atoms in total. The lowest BCUT2D eigenvalue weighted by Crippen LogP contribution is -2.14. The fourth-order valence-electron chi connectivity index (χ4n) is 3.50. The van der Waals surface area contributed by atoms with Crippen LogP contribution in [0.25, 0.3) is 0 Å². The molecule has 3 atom stereocenters. The highest BCUT2D eigenvalue weighted by Crippen LogP contribution is 2.38. The Labute approximate surface area is 195 Å². The van der Waals surface area contributed by atoms with Crippen molar-refractivity contribution in [3.05, 3.63) is 53.0 Å². The number of sulfonamides is 1. The molecule has 0 amide bonds. The summed E-state index contributed by atoms with van der Waals surface area (Å²) < 4.78 is 83.8. The minimum absolute atomic E-state index is 0.0185. The van der Waals surface area contributed by atoms with Crippen LogP contribution in [0.4, 0.5) is 23.2 Å². The predicted octanol–water partition coefficient (Wildman–Crippen LogP) is 4.95. The summed E-state index contributed by atoms with van der Waals surface area (Å²) in [6.07, 6.45) is -2.68. The van der Waals surface area contributed by atoms with E-state index in [1.54, 1.807) is 6.92 Å². The standard InChI is InChI=1S/C23H26F4N2O4S/c1-13-10-17(13)12-33-22-15(6-9-21(28-22)23(25,26)27)5-8-20(30)14(2)16-4-7-19(18(24)11-16)29-34(3,31)32/h4,6-7,9,11,13-14,17,29H,5,8,10,12H2,1-3H3. The fraction of sp³-hybridized carbons (Fsp3) is 0.478. The Bertz CT molecular complexity index is 1170. The van der Waals surface area contributed by atoms with Gasteiger partial charge >= 0.3 is 6.18 Å². The number of nitrogens with zero attached hydrogens (tertiary/aromatic N) is 1. The maximum absolute atomic E-state index is 14.3. The number of nitrogens with one attached hydrogen (secondary N) is 1. The molecule has 186 valence electrons. The molecular weight excluding hydrogens is 476 g/mol. The van der Waals surface area contributed by atoms with Crippen LogP contribution in [0.2, 0.25) is 0 Å². The van der Waals surface area contributed by atoms with Crippen LogP contribution < -0.4 is 9.46 Å². The van der Waals surface area contributed by atoms with Gasteiger partial charge in [-0.3, -0.25) is 9.52 Å². The molecule has 1 N–H and O–H groups in total. The zero-order valence-corrected chi connectivity index (χ0v) is 19.8. The highest BCUT2D eigenvalue weighted by molar-refractivity contribution is 7.92. The van der Waals surface area contributed by atoms with Crippen LogP contribution in [-0.4, -0.2) is 32.0 Å². The van der Waals surface area contributed by atoms with Crippen LogP contribution >= 0.6 is 0 Å². The molecule has 0 spiro atoms. The molecule has 0 saturated heterocycles. The third-order valence-electron chi connectivity index (χ3n) is 5.85. The van der Waals surface area contributed by atoms with Gasteiger partial charge in [0.15, 0.2) is 0 Å². The molecule has 1 fully saturated rings. The molecule has 2 aromatic rings. The molecule has 1 aliphatic rings. The first-order chi connectivity index (χ1) is 15.7. The second-order valence-corrected chi connectivity index (χ2v) is 10.5. The Morgan fingerprint density at radius 2 is 1.94 bits per heavy atom. The van der Waals surface area contributed by atoms with Crippen molar-refractivity contribution in [2.24, 2.45) is 11.8 Å². The SMILES string of the molecule is CC(C(=O)CCc1ccc(C(F)(F)F)nc1OCC1CC1C)c1ccc(NS(C)(=O)=O)c(F)c1. The van der Waals surface area contributed by atoms with Crippen molar-refractivity contribution in [3.8, 4) is 5.88 Å². The van der Waals surface area contributed by atoms with E-state index in [0.717, 1.165) is 24.8 Å². The summed E-state index contributed by atoms with van der Waals surface area (Å²) >= 11 is 0. The highest BCUT2D eigenvalue weighted by Gasteiger charge is 2.35. The molecule has 3 unspecified atom stereocenters. The molecular formula is C23H26F4N2O4S. The van der Waals surface area contributed by atoms with Crippen LogP contribution in [0.3, 0.4) is 0 Å². The normalized spacial score (nSPS) is 18.9. The van der Waals surface area contributed by atoms with E-state index in [2.05, 4.69) is 9.71 Å². The van der Waals surface area contributed by atoms with E-state index < -0.39 is 33.6 Å². The van der Waals surface area contributed by atoms with Crippen molar-refractivity contribution in [1.82, 2.24) is 4.98 Å². The Kier molecular flexibility index (Phi) is 7.54. The molecule has 1 saturated carbocycles. The van der Waals surface area contributed by atoms with Crippen LogP contribution in [0.1, 0.15) is 49.4 Å². The van der Waals surface area contributed by atoms with Crippen molar-refractivity contribution >= 4 is 21.5 Å². The molecule has 34 heavy (non-hydrogen) atoms. The van der Waals surface area contributed by atoms with Gasteiger partial charge in [-0.15, -0.1) is 0 Å². The van der Waals surface area contributed by atoms with Gasteiger partial charge in [-0.2, -0.15) is 13.2 Å². The van der Waals surface area contributed by atoms with Gasteiger partial charge in [0.25, 0.3) is 0 Å². The van der Waals surface area contributed by atoms with Gasteiger partial charge in [-0.1, -0.05) is 26.0 Å². The average Bonchev–Trinajstić information content (AvgIpc) is 3.45. The number of ketones is 1. The zero-order valence-electron chi connectivity index (χ0n) is 18.9. The summed E-state index contributed by atoms with van der Waals surface area (Å²) in [6, 6.07) is 5.90. The first kappa shape index (κ1) is 25.9. The number of rotatable bonds is 10. The van der Waals surface area contributed by atoms with Crippen molar-refractivity contribution in [2.45, 2.75) is 45.2 Å². The molecule has 1 aliphatic carbocycles. The molecule has 11 heteroatoms. The summed E-state index contributed by atoms with van der Waals surface area (Å²) in [5.41, 5.74) is -0.548. The average molecular weight is 503 g/mol. The van der Waals surface area contributed by atoms with E-state index in [0.29, 0.717) is 17.0 Å². The Morgan fingerprint density at radius 3 is 2.50 bits per heavy atom. The summed E-state index contributed by atoms with van der Waals surface area (Å²) in [7, 11) is -3.66. The highest BCUT2D eigenvalue weighted by atomic mass is 32.2. The van der Waals surface area contributed by atoms with Gasteiger partial charge in [-0.25, -0.2) is 17.8 Å². The second-order valence-electron chi connectivity index (χ2n) is 8.74. The first-order valence-electron chi connectivity index (χ1n) is 10.7. The van der Waals surface area contributed by atoms with Crippen molar-refractivity contribution in [2.75, 3.05) is 17.6 Å². The van der Waals surface area contributed by atoms with Gasteiger partial charge in [0.2, 0.25) is 15.9 Å². The van der Waals surface area contributed by atoms with E-state index in [4.69, 9.17) is 4.74 Å². The number of halogens is 4. The van der Waals surface area contributed by atoms with Gasteiger partial charge in [0.05, 0.1) is 18.6 Å². The number of hydrogen-bond acceptors (Lipinski definition) is 5. The topological polar surface area (TPSA) is 85.4 Å². The summed E-state index contributed by atoms with van der Waals surface area (Å²) in [6.45, 7) is 3.87. The quantitative estimate of drug-likeness (QED) is 0.465. The van der Waals surface area contributed by atoms with E-state index >= 15 is 0 Å². The number of aryl methyl sites for hydroxylation is 1. The number of alkyl halides is 3. The fourth-order valence-corrected chi connectivity index (χ4v) is 4.07. The third kappa shape index (κ3) is 6.91. The van der Waals surface area contributed by atoms with E-state index in [1.807, 2.05) is 6.92 Å². The molecule has 0 bridgehead atoms. The van der Waals surface area contributed by atoms with Crippen molar-refractivity contribution in [3.63, 3.8) is 0 Å². The maximum Gasteiger partial charge on any atom is 0.433 e. The van der Waals surface area contributed by atoms with Gasteiger partial charge in [0, 0.05) is 17.9 Å². The number of benzene rings is 1. The number of carbonyl (C=O) groups is 1. The lowest BCUT2D eigenvalue weighted by atomic mass is 9.93. The lowest BCUT2D eigenvalue weighted by molar-refractivity contribution is -0.141. The van der Waals surface area contributed by atoms with Gasteiger partial charge in [-0.05, 0) is 48.4 Å². The van der Waals surface area contributed by atoms with Crippen LogP contribution in [0.15, 0.2) is 30.3 Å². The van der Waals surface area contributed by atoms with E-state index in [1.165, 1.54) is 18.2 Å². The number of Topliss-reactive ketones (excluding diaryl/α,β-unsaturated/α-hetero) is 1. The summed E-state index contributed by atoms with van der Waals surface area (Å²) in [4.78, 5) is 16.4. The molecule has 1 heterocycles. The Balaban J connectivity index is 1.69. The van der Waals surface area contributed by atoms with Crippen LogP contribution in [-0.2, 0) is 27.4 Å². The van der Waals surface area contributed by atoms with Gasteiger partial charge in [0.1, 0.15) is 17.3 Å². The van der Waals surface area contributed by atoms with Crippen molar-refractivity contribution in [1.29, 1.82) is 0 Å². The number of hydrogen-bond donors (Lipinski definition) is 1. The minimum Gasteiger partial charge on any atom is -0.477 e. The summed E-state index contributed by atoms with van der Waals surface area (Å²) in [5, 5.41) is 0. The monoisotopic (exact) mass is 502 g/mol. The van der Waals surface area contributed by atoms with Gasteiger partial charge < -0.3 is 4.74 Å². The largest absolute Gasteiger partial charge is 0.477 e. The zero-order chi connectivity index (χ0) is 25.3. The number of pyridine rings is 1. The first-order valence-corrected chi connectivity index (χ1v) is 12.6. The molecule has 1 aromatic carbocycles. The summed E-state index contributed by atoms with van der Waals surface area (Å²) in [5.74, 6) is -1.18. The number of carbonyl (C=O) groups excluding carboxylic acids is 1. The third-order valence-corrected chi connectivity index (χ3v) is 6.44. The maximum atomic E-state index is 14.3. The number of aromatic nitrogens is 1. The molecule has 3 rings (SSSR count). The minimum atomic E-state index is -4.62. The van der Waals surface area contributed by atoms with E-state index in [-0.39, 0.29) is 42.7 Å². The molecule has 0 radical (unpaired) electrons. The second kappa shape index (κ2) is 9.89. The molecule has 0 aliphatic heterocycles. The number of anilines is 1. The van der Waals surface area contributed by atoms with Crippen LogP contribution in [0, 0.1) is 17.7 Å².